The molecule has 4 rings (SSSR count). The number of H-pyrrole nitrogens is 2. The average molecular weight is 373 g/mol. The second-order valence-corrected chi connectivity index (χ2v) is 6.56. The van der Waals surface area contributed by atoms with Crippen LogP contribution in [-0.4, -0.2) is 38.7 Å². The lowest BCUT2D eigenvalue weighted by molar-refractivity contribution is 0.236. The minimum Gasteiger partial charge on any atom is -0.494 e. The van der Waals surface area contributed by atoms with Crippen molar-refractivity contribution in [3.05, 3.63) is 51.8 Å². The van der Waals surface area contributed by atoms with Crippen LogP contribution in [0.15, 0.2) is 27.4 Å². The fraction of sp³-hybridized carbons (Fsp3) is 0.389. The monoisotopic (exact) mass is 373 g/mol. The predicted molar refractivity (Wildman–Crippen MR) is 94.8 cm³/mol. The molecule has 0 radical (unpaired) electrons. The van der Waals surface area contributed by atoms with Crippen molar-refractivity contribution < 1.29 is 13.5 Å². The molecule has 8 nitrogen and oxygen atoms in total. The van der Waals surface area contributed by atoms with Crippen LogP contribution in [0.4, 0.5) is 4.39 Å². The lowest BCUT2D eigenvalue weighted by Crippen LogP contribution is -2.24. The van der Waals surface area contributed by atoms with E-state index in [1.165, 1.54) is 13.2 Å². The molecule has 0 aliphatic carbocycles. The summed E-state index contributed by atoms with van der Waals surface area (Å²) in [7, 11) is 1.42. The summed E-state index contributed by atoms with van der Waals surface area (Å²) >= 11 is 0. The summed E-state index contributed by atoms with van der Waals surface area (Å²) in [5.74, 6) is 1.48. The molecule has 1 aliphatic heterocycles. The van der Waals surface area contributed by atoms with Gasteiger partial charge in [-0.25, -0.2) is 19.3 Å². The van der Waals surface area contributed by atoms with E-state index in [2.05, 4.69) is 25.1 Å². The minimum absolute atomic E-state index is 0.0365. The maximum absolute atomic E-state index is 13.6. The van der Waals surface area contributed by atoms with Crippen LogP contribution in [0.5, 0.6) is 5.75 Å². The van der Waals surface area contributed by atoms with Crippen molar-refractivity contribution in [1.29, 1.82) is 0 Å². The molecule has 0 amide bonds. The van der Waals surface area contributed by atoms with Crippen molar-refractivity contribution in [3.63, 3.8) is 0 Å². The van der Waals surface area contributed by atoms with Crippen molar-refractivity contribution in [2.45, 2.75) is 32.4 Å². The van der Waals surface area contributed by atoms with Gasteiger partial charge in [0.15, 0.2) is 11.6 Å². The first kappa shape index (κ1) is 17.5. The van der Waals surface area contributed by atoms with Crippen molar-refractivity contribution in [2.24, 2.45) is 0 Å². The number of likely N-dealkylation sites (tertiary alicyclic amines) is 1. The molecule has 0 saturated carbocycles. The van der Waals surface area contributed by atoms with Gasteiger partial charge >= 0.3 is 5.69 Å². The molecule has 1 aliphatic rings. The van der Waals surface area contributed by atoms with Crippen LogP contribution >= 0.6 is 0 Å². The number of methoxy groups -OCH3 is 1. The van der Waals surface area contributed by atoms with Gasteiger partial charge in [0, 0.05) is 12.1 Å². The molecular weight excluding hydrogens is 353 g/mol. The van der Waals surface area contributed by atoms with Crippen molar-refractivity contribution >= 4 is 0 Å². The molecule has 1 saturated heterocycles. The highest BCUT2D eigenvalue weighted by atomic mass is 19.1. The van der Waals surface area contributed by atoms with Gasteiger partial charge in [0.05, 0.1) is 18.8 Å². The number of aryl methyl sites for hydroxylation is 1. The Labute approximate surface area is 154 Å². The summed E-state index contributed by atoms with van der Waals surface area (Å²) in [4.78, 5) is 20.9. The largest absolute Gasteiger partial charge is 0.494 e. The summed E-state index contributed by atoms with van der Waals surface area (Å²) in [6.07, 6.45) is 1.93. The van der Waals surface area contributed by atoms with Gasteiger partial charge in [-0.15, -0.1) is 0 Å². The maximum atomic E-state index is 13.6. The Balaban J connectivity index is 1.57. The van der Waals surface area contributed by atoms with E-state index in [4.69, 9.17) is 9.15 Å². The number of nitrogens with zero attached hydrogens (tertiary/aromatic N) is 3. The molecule has 1 atom stereocenters. The van der Waals surface area contributed by atoms with E-state index >= 15 is 0 Å². The first-order valence-corrected chi connectivity index (χ1v) is 8.74. The van der Waals surface area contributed by atoms with Crippen LogP contribution in [0.1, 0.15) is 36.2 Å². The van der Waals surface area contributed by atoms with Gasteiger partial charge in [0.2, 0.25) is 5.89 Å². The zero-order valence-electron chi connectivity index (χ0n) is 15.1. The number of rotatable bonds is 5. The Morgan fingerprint density at radius 1 is 1.44 bits per heavy atom. The van der Waals surface area contributed by atoms with Crippen LogP contribution in [0.3, 0.4) is 0 Å². The van der Waals surface area contributed by atoms with Crippen LogP contribution in [0, 0.1) is 12.7 Å². The number of benzene rings is 1. The highest BCUT2D eigenvalue weighted by Gasteiger charge is 2.30. The van der Waals surface area contributed by atoms with Crippen molar-refractivity contribution in [3.8, 4) is 17.2 Å². The van der Waals surface area contributed by atoms with Gasteiger partial charge in [0.25, 0.3) is 0 Å². The number of hydrogen-bond acceptors (Lipinski definition) is 6. The second-order valence-electron chi connectivity index (χ2n) is 6.56. The molecule has 2 aromatic heterocycles. The number of aromatic nitrogens is 4. The number of hydrogen-bond donors (Lipinski definition) is 2. The Hall–Kier alpha value is -2.94. The molecule has 0 bridgehead atoms. The van der Waals surface area contributed by atoms with Gasteiger partial charge in [-0.1, -0.05) is 0 Å². The normalized spacial score (nSPS) is 17.5. The molecule has 2 N–H and O–H groups in total. The number of halogens is 1. The molecule has 27 heavy (non-hydrogen) atoms. The van der Waals surface area contributed by atoms with Crippen LogP contribution in [-0.2, 0) is 6.54 Å². The Morgan fingerprint density at radius 2 is 2.30 bits per heavy atom. The van der Waals surface area contributed by atoms with Crippen LogP contribution in [0.25, 0.3) is 11.5 Å². The van der Waals surface area contributed by atoms with Crippen LogP contribution < -0.4 is 10.4 Å². The number of oxazole rings is 1. The number of aromatic amines is 2. The zero-order chi connectivity index (χ0) is 19.0. The van der Waals surface area contributed by atoms with Gasteiger partial charge < -0.3 is 9.15 Å². The van der Waals surface area contributed by atoms with E-state index in [-0.39, 0.29) is 17.5 Å². The van der Waals surface area contributed by atoms with E-state index in [0.717, 1.165) is 25.1 Å². The smallest absolute Gasteiger partial charge is 0.340 e. The van der Waals surface area contributed by atoms with Gasteiger partial charge in [-0.05, 0) is 44.5 Å². The molecule has 3 heterocycles. The van der Waals surface area contributed by atoms with E-state index in [0.29, 0.717) is 29.6 Å². The van der Waals surface area contributed by atoms with Gasteiger partial charge in [-0.3, -0.25) is 9.88 Å². The summed E-state index contributed by atoms with van der Waals surface area (Å²) < 4.78 is 24.5. The fourth-order valence-corrected chi connectivity index (χ4v) is 3.45. The molecule has 0 spiro atoms. The Bertz CT molecular complexity index is 1010. The quantitative estimate of drug-likeness (QED) is 0.713. The highest BCUT2D eigenvalue weighted by Crippen LogP contribution is 2.32. The van der Waals surface area contributed by atoms with Gasteiger partial charge in [-0.2, -0.15) is 5.10 Å². The zero-order valence-corrected chi connectivity index (χ0v) is 15.1. The van der Waals surface area contributed by atoms with E-state index in [1.807, 2.05) is 6.92 Å². The number of nitrogens with one attached hydrogen (secondary N) is 2. The van der Waals surface area contributed by atoms with Crippen LogP contribution in [0.2, 0.25) is 0 Å². The van der Waals surface area contributed by atoms with E-state index in [9.17, 15) is 9.18 Å². The summed E-state index contributed by atoms with van der Waals surface area (Å²) in [5.41, 5.74) is 1.15. The molecule has 142 valence electrons. The lowest BCUT2D eigenvalue weighted by Gasteiger charge is -2.21. The molecule has 1 unspecified atom stereocenters. The average Bonchev–Trinajstić information content (AvgIpc) is 3.37. The third-order valence-corrected chi connectivity index (χ3v) is 4.84. The number of ether oxygens (including phenoxy) is 1. The third-order valence-electron chi connectivity index (χ3n) is 4.84. The highest BCUT2D eigenvalue weighted by molar-refractivity contribution is 5.56. The SMILES string of the molecule is COc1cc(-c2nc(CN3CCCC3c3n[nH]c(=O)[nH]3)c(C)o2)ccc1F. The first-order chi connectivity index (χ1) is 13.0. The fourth-order valence-electron chi connectivity index (χ4n) is 3.45. The molecule has 3 aromatic rings. The topological polar surface area (TPSA) is 100 Å². The predicted octanol–water partition coefficient (Wildman–Crippen LogP) is 2.55. The summed E-state index contributed by atoms with van der Waals surface area (Å²) in [6.45, 7) is 3.31. The Kier molecular flexibility index (Phi) is 4.53. The molecule has 9 heteroatoms. The standard InChI is InChI=1S/C18H20FN5O3/c1-10-13(9-24-7-3-4-14(24)16-21-18(25)23-22-16)20-17(27-10)11-5-6-12(19)15(8-11)26-2/h5-6,8,14H,3-4,7,9H2,1-2H3,(H2,21,22,23,25). The molecular formula is C18H20FN5O3. The second kappa shape index (κ2) is 6.99. The Morgan fingerprint density at radius 3 is 3.04 bits per heavy atom. The van der Waals surface area contributed by atoms with E-state index < -0.39 is 5.82 Å². The first-order valence-electron chi connectivity index (χ1n) is 8.74. The minimum atomic E-state index is -0.433. The van der Waals surface area contributed by atoms with Crippen molar-refractivity contribution in [1.82, 2.24) is 25.1 Å². The summed E-state index contributed by atoms with van der Waals surface area (Å²) in [5, 5.41) is 6.48. The van der Waals surface area contributed by atoms with Crippen molar-refractivity contribution in [2.75, 3.05) is 13.7 Å². The molecule has 1 fully saturated rings. The maximum Gasteiger partial charge on any atom is 0.340 e. The lowest BCUT2D eigenvalue weighted by atomic mass is 10.2. The molecule has 1 aromatic carbocycles. The summed E-state index contributed by atoms with van der Waals surface area (Å²) in [6, 6.07) is 4.55. The van der Waals surface area contributed by atoms with Gasteiger partial charge in [0.1, 0.15) is 11.6 Å². The third kappa shape index (κ3) is 3.37. The van der Waals surface area contributed by atoms with E-state index in [1.54, 1.807) is 12.1 Å².